The van der Waals surface area contributed by atoms with E-state index in [2.05, 4.69) is 15.9 Å². The molecule has 4 heteroatoms. The van der Waals surface area contributed by atoms with Gasteiger partial charge in [-0.15, -0.1) is 0 Å². The van der Waals surface area contributed by atoms with Gasteiger partial charge >= 0.3 is 5.97 Å². The van der Waals surface area contributed by atoms with Crippen LogP contribution in [-0.2, 0) is 4.79 Å². The summed E-state index contributed by atoms with van der Waals surface area (Å²) in [7, 11) is 0. The van der Waals surface area contributed by atoms with Crippen LogP contribution >= 0.6 is 15.9 Å². The van der Waals surface area contributed by atoms with Gasteiger partial charge in [0.1, 0.15) is 5.75 Å². The summed E-state index contributed by atoms with van der Waals surface area (Å²) in [4.78, 5) is 10.8. The number of halogens is 1. The Kier molecular flexibility index (Phi) is 3.52. The van der Waals surface area contributed by atoms with E-state index in [4.69, 9.17) is 5.11 Å². The first kappa shape index (κ1) is 11.0. The molecule has 14 heavy (non-hydrogen) atoms. The van der Waals surface area contributed by atoms with Crippen LogP contribution < -0.4 is 0 Å². The average molecular weight is 259 g/mol. The van der Waals surface area contributed by atoms with Gasteiger partial charge in [0.2, 0.25) is 0 Å². The van der Waals surface area contributed by atoms with Crippen LogP contribution in [0.15, 0.2) is 22.7 Å². The number of rotatable bonds is 3. The molecule has 0 saturated carbocycles. The van der Waals surface area contributed by atoms with Crippen molar-refractivity contribution in [3.63, 3.8) is 0 Å². The van der Waals surface area contributed by atoms with Gasteiger partial charge in [0.25, 0.3) is 0 Å². The smallest absolute Gasteiger partial charge is 0.310 e. The molecule has 0 radical (unpaired) electrons. The number of carbonyl (C=O) groups is 1. The number of phenols is 1. The molecule has 0 amide bonds. The average Bonchev–Trinajstić information content (AvgIpc) is 2.11. The molecule has 76 valence electrons. The van der Waals surface area contributed by atoms with Crippen LogP contribution in [0.4, 0.5) is 0 Å². The normalized spacial score (nSPS) is 12.4. The number of hydrogen-bond acceptors (Lipinski definition) is 2. The first-order chi connectivity index (χ1) is 6.56. The van der Waals surface area contributed by atoms with E-state index < -0.39 is 11.9 Å². The number of aromatic hydroxyl groups is 1. The summed E-state index contributed by atoms with van der Waals surface area (Å²) in [6.45, 7) is 1.80. The summed E-state index contributed by atoms with van der Waals surface area (Å²) in [6, 6.07) is 4.83. The highest BCUT2D eigenvalue weighted by Crippen LogP contribution is 2.29. The molecule has 2 N–H and O–H groups in total. The Morgan fingerprint density at radius 1 is 1.57 bits per heavy atom. The molecule has 0 bridgehead atoms. The Hall–Kier alpha value is -1.03. The monoisotopic (exact) mass is 258 g/mol. The third-order valence-corrected chi connectivity index (χ3v) is 2.75. The maximum atomic E-state index is 10.8. The fraction of sp³-hybridized carbons (Fsp3) is 0.300. The second-order valence-electron chi connectivity index (χ2n) is 3.01. The molecular weight excluding hydrogens is 248 g/mol. The molecule has 1 rings (SSSR count). The zero-order valence-electron chi connectivity index (χ0n) is 7.70. The van der Waals surface area contributed by atoms with Gasteiger partial charge in [0, 0.05) is 0 Å². The summed E-state index contributed by atoms with van der Waals surface area (Å²) < 4.78 is 0.571. The standard InChI is InChI=1S/C10H11BrO3/c1-2-7(10(13)14)6-3-4-8(11)9(12)5-6/h3-5,7,12H,2H2,1H3,(H,13,14). The van der Waals surface area contributed by atoms with Crippen molar-refractivity contribution in [3.05, 3.63) is 28.2 Å². The second kappa shape index (κ2) is 4.46. The predicted octanol–water partition coefficient (Wildman–Crippen LogP) is 2.73. The minimum Gasteiger partial charge on any atom is -0.507 e. The van der Waals surface area contributed by atoms with E-state index in [1.54, 1.807) is 19.1 Å². The van der Waals surface area contributed by atoms with Crippen molar-refractivity contribution in [3.8, 4) is 5.75 Å². The van der Waals surface area contributed by atoms with E-state index in [1.807, 2.05) is 0 Å². The predicted molar refractivity (Wildman–Crippen MR) is 56.5 cm³/mol. The lowest BCUT2D eigenvalue weighted by molar-refractivity contribution is -0.138. The number of hydrogen-bond donors (Lipinski definition) is 2. The minimum absolute atomic E-state index is 0.0715. The summed E-state index contributed by atoms with van der Waals surface area (Å²) in [5, 5.41) is 18.3. The Morgan fingerprint density at radius 2 is 2.21 bits per heavy atom. The zero-order valence-corrected chi connectivity index (χ0v) is 9.28. The lowest BCUT2D eigenvalue weighted by atomic mass is 9.97. The summed E-state index contributed by atoms with van der Waals surface area (Å²) in [5.74, 6) is -1.34. The molecule has 1 unspecified atom stereocenters. The van der Waals surface area contributed by atoms with Crippen molar-refractivity contribution >= 4 is 21.9 Å². The Bertz CT molecular complexity index is 349. The Balaban J connectivity index is 3.06. The molecule has 0 spiro atoms. The van der Waals surface area contributed by atoms with Gasteiger partial charge in [-0.05, 0) is 40.0 Å². The van der Waals surface area contributed by atoms with E-state index in [9.17, 15) is 9.90 Å². The third-order valence-electron chi connectivity index (χ3n) is 2.08. The Morgan fingerprint density at radius 3 is 2.64 bits per heavy atom. The highest BCUT2D eigenvalue weighted by molar-refractivity contribution is 9.10. The van der Waals surface area contributed by atoms with Gasteiger partial charge < -0.3 is 10.2 Å². The van der Waals surface area contributed by atoms with Gasteiger partial charge in [-0.2, -0.15) is 0 Å². The summed E-state index contributed by atoms with van der Waals surface area (Å²) in [6.07, 6.45) is 0.510. The maximum absolute atomic E-state index is 10.8. The molecule has 0 aliphatic heterocycles. The highest BCUT2D eigenvalue weighted by Gasteiger charge is 2.18. The molecular formula is C10H11BrO3. The van der Waals surface area contributed by atoms with Gasteiger partial charge in [-0.3, -0.25) is 4.79 Å². The Labute approximate surface area is 90.5 Å². The quantitative estimate of drug-likeness (QED) is 0.877. The lowest BCUT2D eigenvalue weighted by Gasteiger charge is -2.10. The van der Waals surface area contributed by atoms with Crippen molar-refractivity contribution in [1.29, 1.82) is 0 Å². The van der Waals surface area contributed by atoms with Crippen LogP contribution in [0.3, 0.4) is 0 Å². The molecule has 1 aromatic carbocycles. The van der Waals surface area contributed by atoms with Crippen LogP contribution in [0.25, 0.3) is 0 Å². The lowest BCUT2D eigenvalue weighted by Crippen LogP contribution is -2.10. The minimum atomic E-state index is -0.866. The second-order valence-corrected chi connectivity index (χ2v) is 3.86. The largest absolute Gasteiger partial charge is 0.507 e. The molecule has 3 nitrogen and oxygen atoms in total. The third kappa shape index (κ3) is 2.26. The molecule has 1 aromatic rings. The van der Waals surface area contributed by atoms with Crippen molar-refractivity contribution in [1.82, 2.24) is 0 Å². The first-order valence-corrected chi connectivity index (χ1v) is 5.06. The number of carboxylic acids is 1. The van der Waals surface area contributed by atoms with Gasteiger partial charge in [0.05, 0.1) is 10.4 Å². The van der Waals surface area contributed by atoms with E-state index in [0.29, 0.717) is 16.5 Å². The van der Waals surface area contributed by atoms with Crippen LogP contribution in [-0.4, -0.2) is 16.2 Å². The fourth-order valence-corrected chi connectivity index (χ4v) is 1.55. The van der Waals surface area contributed by atoms with Crippen molar-refractivity contribution < 1.29 is 15.0 Å². The molecule has 0 heterocycles. The zero-order chi connectivity index (χ0) is 10.7. The number of aliphatic carboxylic acids is 1. The molecule has 0 fully saturated rings. The van der Waals surface area contributed by atoms with E-state index in [-0.39, 0.29) is 5.75 Å². The van der Waals surface area contributed by atoms with Gasteiger partial charge in [-0.1, -0.05) is 13.0 Å². The number of phenolic OH excluding ortho intramolecular Hbond substituents is 1. The topological polar surface area (TPSA) is 57.5 Å². The van der Waals surface area contributed by atoms with E-state index in [0.717, 1.165) is 0 Å². The van der Waals surface area contributed by atoms with Gasteiger partial charge in [-0.25, -0.2) is 0 Å². The maximum Gasteiger partial charge on any atom is 0.310 e. The van der Waals surface area contributed by atoms with Gasteiger partial charge in [0.15, 0.2) is 0 Å². The van der Waals surface area contributed by atoms with Crippen molar-refractivity contribution in [2.45, 2.75) is 19.3 Å². The first-order valence-electron chi connectivity index (χ1n) is 4.27. The molecule has 0 saturated heterocycles. The SMILES string of the molecule is CCC(C(=O)O)c1ccc(Br)c(O)c1. The number of carboxylic acid groups (broad SMARTS) is 1. The van der Waals surface area contributed by atoms with E-state index in [1.165, 1.54) is 6.07 Å². The molecule has 0 aromatic heterocycles. The molecule has 0 aliphatic rings. The van der Waals surface area contributed by atoms with E-state index >= 15 is 0 Å². The van der Waals surface area contributed by atoms with Crippen molar-refractivity contribution in [2.75, 3.05) is 0 Å². The highest BCUT2D eigenvalue weighted by atomic mass is 79.9. The van der Waals surface area contributed by atoms with Crippen molar-refractivity contribution in [2.24, 2.45) is 0 Å². The van der Waals surface area contributed by atoms with Crippen LogP contribution in [0.1, 0.15) is 24.8 Å². The van der Waals surface area contributed by atoms with Crippen LogP contribution in [0.2, 0.25) is 0 Å². The van der Waals surface area contributed by atoms with Crippen LogP contribution in [0.5, 0.6) is 5.75 Å². The molecule has 1 atom stereocenters. The number of benzene rings is 1. The molecule has 0 aliphatic carbocycles. The van der Waals surface area contributed by atoms with Crippen LogP contribution in [0, 0.1) is 0 Å². The fourth-order valence-electron chi connectivity index (χ4n) is 1.30. The summed E-state index contributed by atoms with van der Waals surface area (Å²) >= 11 is 3.14. The summed E-state index contributed by atoms with van der Waals surface area (Å²) in [5.41, 5.74) is 0.626.